The van der Waals surface area contributed by atoms with Crippen molar-refractivity contribution in [1.29, 1.82) is 0 Å². The van der Waals surface area contributed by atoms with E-state index in [1.54, 1.807) is 34.0 Å². The molecule has 0 aromatic carbocycles. The first-order valence-corrected chi connectivity index (χ1v) is 6.81. The van der Waals surface area contributed by atoms with E-state index in [9.17, 15) is 4.79 Å². The van der Waals surface area contributed by atoms with Gasteiger partial charge in [0.25, 0.3) is 0 Å². The maximum Gasteiger partial charge on any atom is 0.250 e. The van der Waals surface area contributed by atoms with Crippen LogP contribution in [0, 0.1) is 0 Å². The number of aliphatic hydroxyl groups is 1. The van der Waals surface area contributed by atoms with Gasteiger partial charge in [0.1, 0.15) is 12.4 Å². The molecule has 0 saturated heterocycles. The van der Waals surface area contributed by atoms with Gasteiger partial charge in [0.15, 0.2) is 0 Å². The zero-order chi connectivity index (χ0) is 16.2. The minimum absolute atomic E-state index is 0.488. The Bertz CT molecular complexity index is 824. The molecule has 0 aliphatic carbocycles. The van der Waals surface area contributed by atoms with Crippen LogP contribution in [0.2, 0.25) is 0 Å². The second-order valence-corrected chi connectivity index (χ2v) is 4.81. The fourth-order valence-electron chi connectivity index (χ4n) is 1.99. The number of carbonyl (C=O) groups excluding carboxylic acids is 1. The molecule has 0 radical (unpaired) electrons. The van der Waals surface area contributed by atoms with Crippen LogP contribution >= 0.6 is 0 Å². The van der Waals surface area contributed by atoms with Crippen LogP contribution < -0.4 is 10.6 Å². The zero-order valence-corrected chi connectivity index (χ0v) is 12.3. The Morgan fingerprint density at radius 3 is 2.83 bits per heavy atom. The minimum atomic E-state index is -0.570. The molecule has 1 amide bonds. The molecule has 3 N–H and O–H groups in total. The van der Waals surface area contributed by atoms with Crippen molar-refractivity contribution in [3.05, 3.63) is 43.1 Å². The number of aryl methyl sites for hydroxylation is 1. The molecule has 0 unspecified atom stereocenters. The van der Waals surface area contributed by atoms with E-state index in [0.717, 1.165) is 11.4 Å². The largest absolute Gasteiger partial charge is 0.387 e. The van der Waals surface area contributed by atoms with Crippen molar-refractivity contribution in [3.63, 3.8) is 0 Å². The van der Waals surface area contributed by atoms with E-state index in [0.29, 0.717) is 11.5 Å². The lowest BCUT2D eigenvalue weighted by atomic mass is 10.4. The highest BCUT2D eigenvalue weighted by Gasteiger charge is 2.06. The summed E-state index contributed by atoms with van der Waals surface area (Å²) in [5.74, 6) is 0.158. The van der Waals surface area contributed by atoms with Gasteiger partial charge in [0.2, 0.25) is 5.91 Å². The second kappa shape index (κ2) is 6.28. The molecule has 0 bridgehead atoms. The lowest BCUT2D eigenvalue weighted by molar-refractivity contribution is -0.118. The SMILES string of the molecule is Cn1cc(Nc2cc(-n3cc(NC(=O)CO)cn3)ccn2)cn1. The number of rotatable bonds is 5. The average molecular weight is 313 g/mol. The standard InChI is InChI=1S/C14H15N7O2/c1-20-7-10(5-16-20)18-13-4-12(2-3-15-13)21-8-11(6-17-21)19-14(23)9-22/h2-8,22H,9H2,1H3,(H,15,18)(H,19,23). The molecule has 118 valence electrons. The van der Waals surface area contributed by atoms with Gasteiger partial charge in [-0.25, -0.2) is 9.67 Å². The van der Waals surface area contributed by atoms with Crippen molar-refractivity contribution in [2.45, 2.75) is 0 Å². The van der Waals surface area contributed by atoms with Crippen LogP contribution in [0.3, 0.4) is 0 Å². The smallest absolute Gasteiger partial charge is 0.250 e. The van der Waals surface area contributed by atoms with Crippen LogP contribution in [0.15, 0.2) is 43.1 Å². The third kappa shape index (κ3) is 3.52. The van der Waals surface area contributed by atoms with Gasteiger partial charge in [-0.05, 0) is 6.07 Å². The highest BCUT2D eigenvalue weighted by molar-refractivity contribution is 5.91. The molecule has 0 saturated carbocycles. The molecule has 9 nitrogen and oxygen atoms in total. The van der Waals surface area contributed by atoms with Gasteiger partial charge >= 0.3 is 0 Å². The number of carbonyl (C=O) groups is 1. The molecule has 0 fully saturated rings. The number of aromatic nitrogens is 5. The summed E-state index contributed by atoms with van der Waals surface area (Å²) in [5.41, 5.74) is 2.10. The highest BCUT2D eigenvalue weighted by atomic mass is 16.3. The van der Waals surface area contributed by atoms with Crippen LogP contribution in [0.5, 0.6) is 0 Å². The fourth-order valence-corrected chi connectivity index (χ4v) is 1.99. The summed E-state index contributed by atoms with van der Waals surface area (Å²) in [6.45, 7) is -0.570. The van der Waals surface area contributed by atoms with Gasteiger partial charge < -0.3 is 15.7 Å². The molecule has 0 aliphatic heterocycles. The van der Waals surface area contributed by atoms with Crippen molar-refractivity contribution in [1.82, 2.24) is 24.5 Å². The molecule has 0 spiro atoms. The van der Waals surface area contributed by atoms with Crippen LogP contribution in [0.1, 0.15) is 0 Å². The van der Waals surface area contributed by atoms with Gasteiger partial charge in [-0.15, -0.1) is 0 Å². The molecule has 23 heavy (non-hydrogen) atoms. The van der Waals surface area contributed by atoms with Crippen molar-refractivity contribution in [2.24, 2.45) is 7.05 Å². The fraction of sp³-hybridized carbons (Fsp3) is 0.143. The molecule has 0 aliphatic rings. The van der Waals surface area contributed by atoms with E-state index >= 15 is 0 Å². The summed E-state index contributed by atoms with van der Waals surface area (Å²) >= 11 is 0. The van der Waals surface area contributed by atoms with Gasteiger partial charge in [-0.2, -0.15) is 10.2 Å². The molecular weight excluding hydrogens is 298 g/mol. The first-order valence-electron chi connectivity index (χ1n) is 6.81. The summed E-state index contributed by atoms with van der Waals surface area (Å²) in [7, 11) is 1.83. The molecule has 0 atom stereocenters. The summed E-state index contributed by atoms with van der Waals surface area (Å²) in [5, 5.41) is 22.7. The Morgan fingerprint density at radius 2 is 2.09 bits per heavy atom. The number of aliphatic hydroxyl groups excluding tert-OH is 1. The maximum absolute atomic E-state index is 11.2. The van der Waals surface area contributed by atoms with Gasteiger partial charge in [-0.3, -0.25) is 9.48 Å². The maximum atomic E-state index is 11.2. The summed E-state index contributed by atoms with van der Waals surface area (Å²) < 4.78 is 3.29. The predicted molar refractivity (Wildman–Crippen MR) is 83.6 cm³/mol. The summed E-state index contributed by atoms with van der Waals surface area (Å²) in [6.07, 6.45) is 8.34. The Morgan fingerprint density at radius 1 is 1.26 bits per heavy atom. The molecule has 3 aromatic rings. The second-order valence-electron chi connectivity index (χ2n) is 4.81. The zero-order valence-electron chi connectivity index (χ0n) is 12.3. The summed E-state index contributed by atoms with van der Waals surface area (Å²) in [4.78, 5) is 15.4. The number of nitrogens with one attached hydrogen (secondary N) is 2. The van der Waals surface area contributed by atoms with E-state index in [2.05, 4.69) is 25.8 Å². The molecular formula is C14H15N7O2. The lowest BCUT2D eigenvalue weighted by Crippen LogP contribution is -2.14. The predicted octanol–water partition coefficient (Wildman–Crippen LogP) is 0.675. The number of anilines is 3. The van der Waals surface area contributed by atoms with Crippen LogP contribution in [0.4, 0.5) is 17.2 Å². The van der Waals surface area contributed by atoms with Crippen molar-refractivity contribution in [2.75, 3.05) is 17.2 Å². The minimum Gasteiger partial charge on any atom is -0.387 e. The Balaban J connectivity index is 1.78. The van der Waals surface area contributed by atoms with E-state index in [1.807, 2.05) is 19.3 Å². The van der Waals surface area contributed by atoms with Crippen molar-refractivity contribution in [3.8, 4) is 5.69 Å². The molecule has 3 aromatic heterocycles. The van der Waals surface area contributed by atoms with Crippen molar-refractivity contribution >= 4 is 23.1 Å². The van der Waals surface area contributed by atoms with Gasteiger partial charge in [0, 0.05) is 25.5 Å². The summed E-state index contributed by atoms with van der Waals surface area (Å²) in [6, 6.07) is 3.61. The van der Waals surface area contributed by atoms with Crippen LogP contribution in [-0.4, -0.2) is 42.2 Å². The van der Waals surface area contributed by atoms with Gasteiger partial charge in [-0.1, -0.05) is 0 Å². The normalized spacial score (nSPS) is 10.5. The van der Waals surface area contributed by atoms with Crippen LogP contribution in [0.25, 0.3) is 5.69 Å². The third-order valence-corrected chi connectivity index (χ3v) is 3.00. The number of amides is 1. The Labute approximate surface area is 131 Å². The quantitative estimate of drug-likeness (QED) is 0.639. The van der Waals surface area contributed by atoms with E-state index in [1.165, 1.54) is 6.20 Å². The van der Waals surface area contributed by atoms with Crippen LogP contribution in [-0.2, 0) is 11.8 Å². The number of hydrogen-bond donors (Lipinski definition) is 3. The highest BCUT2D eigenvalue weighted by Crippen LogP contribution is 2.17. The number of pyridine rings is 1. The number of hydrogen-bond acceptors (Lipinski definition) is 6. The molecule has 9 heteroatoms. The third-order valence-electron chi connectivity index (χ3n) is 3.00. The monoisotopic (exact) mass is 313 g/mol. The topological polar surface area (TPSA) is 110 Å². The van der Waals surface area contributed by atoms with E-state index in [4.69, 9.17) is 5.11 Å². The Kier molecular flexibility index (Phi) is 4.02. The first-order chi connectivity index (χ1) is 11.1. The molecule has 3 heterocycles. The van der Waals surface area contributed by atoms with E-state index < -0.39 is 12.5 Å². The lowest BCUT2D eigenvalue weighted by Gasteiger charge is -2.05. The van der Waals surface area contributed by atoms with E-state index in [-0.39, 0.29) is 0 Å². The first kappa shape index (κ1) is 14.7. The Hall–Kier alpha value is -3.20. The number of nitrogens with zero attached hydrogens (tertiary/aromatic N) is 5. The average Bonchev–Trinajstić information content (AvgIpc) is 3.17. The molecule has 3 rings (SSSR count). The van der Waals surface area contributed by atoms with Gasteiger partial charge in [0.05, 0.1) is 35.7 Å². The van der Waals surface area contributed by atoms with Crippen molar-refractivity contribution < 1.29 is 9.90 Å².